The van der Waals surface area contributed by atoms with Gasteiger partial charge in [-0.15, -0.1) is 0 Å². The Morgan fingerprint density at radius 3 is 2.64 bits per heavy atom. The van der Waals surface area contributed by atoms with Gasteiger partial charge in [0.15, 0.2) is 0 Å². The molecule has 1 aromatic heterocycles. The Hall–Kier alpha value is -0.750. The molecule has 0 saturated heterocycles. The number of halogens is 4. The highest BCUT2D eigenvalue weighted by Crippen LogP contribution is 2.34. The fourth-order valence-electron chi connectivity index (χ4n) is 0.841. The number of primary amides is 1. The first kappa shape index (κ1) is 11.3. The second-order valence-corrected chi connectivity index (χ2v) is 3.48. The van der Waals surface area contributed by atoms with Crippen molar-refractivity contribution in [3.05, 3.63) is 26.9 Å². The van der Waals surface area contributed by atoms with E-state index in [9.17, 15) is 13.6 Å². The minimum atomic E-state index is -2.82. The van der Waals surface area contributed by atoms with E-state index in [1.807, 2.05) is 0 Å². The maximum Gasteiger partial charge on any atom is 0.267 e. The van der Waals surface area contributed by atoms with Gasteiger partial charge in [0, 0.05) is 6.20 Å². The highest BCUT2D eigenvalue weighted by molar-refractivity contribution is 9.10. The third kappa shape index (κ3) is 2.01. The molecule has 0 saturated carbocycles. The summed E-state index contributed by atoms with van der Waals surface area (Å²) in [7, 11) is 0. The Labute approximate surface area is 91.4 Å². The van der Waals surface area contributed by atoms with E-state index in [-0.39, 0.29) is 15.2 Å². The van der Waals surface area contributed by atoms with E-state index >= 15 is 0 Å². The molecular weight excluding hydrogens is 281 g/mol. The van der Waals surface area contributed by atoms with Gasteiger partial charge in [-0.1, -0.05) is 11.6 Å². The predicted molar refractivity (Wildman–Crippen MR) is 50.4 cm³/mol. The van der Waals surface area contributed by atoms with Crippen LogP contribution < -0.4 is 5.73 Å². The summed E-state index contributed by atoms with van der Waals surface area (Å²) in [5.74, 6) is -0.892. The topological polar surface area (TPSA) is 56.0 Å². The Bertz CT molecular complexity index is 386. The summed E-state index contributed by atoms with van der Waals surface area (Å²) >= 11 is 8.36. The Kier molecular flexibility index (Phi) is 3.38. The molecule has 1 rings (SSSR count). The van der Waals surface area contributed by atoms with Gasteiger partial charge in [0.25, 0.3) is 12.3 Å². The van der Waals surface area contributed by atoms with Gasteiger partial charge in [-0.25, -0.2) is 13.8 Å². The molecule has 0 radical (unpaired) electrons. The minimum Gasteiger partial charge on any atom is -0.366 e. The number of rotatable bonds is 2. The van der Waals surface area contributed by atoms with Crippen molar-refractivity contribution in [2.45, 2.75) is 6.43 Å². The van der Waals surface area contributed by atoms with Crippen LogP contribution in [0.5, 0.6) is 0 Å². The number of alkyl halides is 2. The van der Waals surface area contributed by atoms with Crippen molar-refractivity contribution in [3.8, 4) is 0 Å². The maximum absolute atomic E-state index is 12.4. The molecule has 0 fully saturated rings. The van der Waals surface area contributed by atoms with Gasteiger partial charge in [-0.3, -0.25) is 4.79 Å². The molecule has 7 heteroatoms. The molecule has 0 aromatic carbocycles. The lowest BCUT2D eigenvalue weighted by Gasteiger charge is -2.07. The van der Waals surface area contributed by atoms with Crippen LogP contribution in [0.4, 0.5) is 8.78 Å². The van der Waals surface area contributed by atoms with Crippen molar-refractivity contribution in [1.82, 2.24) is 4.98 Å². The summed E-state index contributed by atoms with van der Waals surface area (Å²) in [4.78, 5) is 14.3. The zero-order chi connectivity index (χ0) is 10.9. The predicted octanol–water partition coefficient (Wildman–Crippen LogP) is 2.53. The fourth-order valence-corrected chi connectivity index (χ4v) is 1.74. The number of nitrogens with two attached hydrogens (primary N) is 1. The van der Waals surface area contributed by atoms with E-state index in [1.54, 1.807) is 0 Å². The van der Waals surface area contributed by atoms with Crippen molar-refractivity contribution in [2.24, 2.45) is 5.73 Å². The molecule has 0 unspecified atom stereocenters. The summed E-state index contributed by atoms with van der Waals surface area (Å²) < 4.78 is 24.8. The van der Waals surface area contributed by atoms with Crippen LogP contribution in [-0.4, -0.2) is 10.9 Å². The second-order valence-electron chi connectivity index (χ2n) is 2.36. The van der Waals surface area contributed by atoms with E-state index in [0.29, 0.717) is 0 Å². The van der Waals surface area contributed by atoms with E-state index < -0.39 is 17.9 Å². The molecule has 0 spiro atoms. The van der Waals surface area contributed by atoms with Crippen LogP contribution in [0.2, 0.25) is 5.02 Å². The van der Waals surface area contributed by atoms with Gasteiger partial charge < -0.3 is 5.73 Å². The van der Waals surface area contributed by atoms with Crippen LogP contribution in [0, 0.1) is 0 Å². The lowest BCUT2D eigenvalue weighted by atomic mass is 10.2. The molecule has 0 aliphatic carbocycles. The van der Waals surface area contributed by atoms with E-state index in [1.165, 1.54) is 0 Å². The summed E-state index contributed by atoms with van der Waals surface area (Å²) in [6.07, 6.45) is -1.77. The summed E-state index contributed by atoms with van der Waals surface area (Å²) in [6, 6.07) is 0. The van der Waals surface area contributed by atoms with Crippen molar-refractivity contribution >= 4 is 33.4 Å². The van der Waals surface area contributed by atoms with Gasteiger partial charge in [-0.2, -0.15) is 0 Å². The summed E-state index contributed by atoms with van der Waals surface area (Å²) in [5.41, 5.74) is 4.17. The van der Waals surface area contributed by atoms with Crippen LogP contribution in [0.3, 0.4) is 0 Å². The number of pyridine rings is 1. The van der Waals surface area contributed by atoms with E-state index in [2.05, 4.69) is 20.9 Å². The standard InChI is InChI=1S/C7H4BrClF2N2O/c8-5-3(6(10)11)4(9)2(1-13-5)7(12)14/h1,6H,(H2,12,14). The van der Waals surface area contributed by atoms with Gasteiger partial charge in [-0.05, 0) is 15.9 Å². The second kappa shape index (κ2) is 4.18. The summed E-state index contributed by atoms with van der Waals surface area (Å²) in [5, 5.41) is -0.366. The van der Waals surface area contributed by atoms with Gasteiger partial charge >= 0.3 is 0 Å². The molecule has 14 heavy (non-hydrogen) atoms. The fraction of sp³-hybridized carbons (Fsp3) is 0.143. The number of aromatic nitrogens is 1. The largest absolute Gasteiger partial charge is 0.366 e. The number of carbonyl (C=O) groups is 1. The Morgan fingerprint density at radius 1 is 1.64 bits per heavy atom. The highest BCUT2D eigenvalue weighted by atomic mass is 79.9. The van der Waals surface area contributed by atoms with Gasteiger partial charge in [0.1, 0.15) is 4.60 Å². The van der Waals surface area contributed by atoms with E-state index in [4.69, 9.17) is 17.3 Å². The third-order valence-corrected chi connectivity index (χ3v) is 2.52. The summed E-state index contributed by atoms with van der Waals surface area (Å²) in [6.45, 7) is 0. The Morgan fingerprint density at radius 2 is 2.21 bits per heavy atom. The van der Waals surface area contributed by atoms with E-state index in [0.717, 1.165) is 6.20 Å². The molecule has 0 bridgehead atoms. The molecule has 1 aromatic rings. The van der Waals surface area contributed by atoms with Crippen molar-refractivity contribution < 1.29 is 13.6 Å². The number of carbonyl (C=O) groups excluding carboxylic acids is 1. The van der Waals surface area contributed by atoms with Crippen LogP contribution in [0.1, 0.15) is 22.3 Å². The highest BCUT2D eigenvalue weighted by Gasteiger charge is 2.21. The number of nitrogens with zero attached hydrogens (tertiary/aromatic N) is 1. The van der Waals surface area contributed by atoms with Crippen molar-refractivity contribution in [1.29, 1.82) is 0 Å². The number of hydrogen-bond donors (Lipinski definition) is 1. The minimum absolute atomic E-state index is 0.0949. The van der Waals surface area contributed by atoms with Gasteiger partial charge in [0.05, 0.1) is 16.1 Å². The monoisotopic (exact) mass is 284 g/mol. The number of amides is 1. The van der Waals surface area contributed by atoms with Crippen LogP contribution in [0.15, 0.2) is 10.8 Å². The third-order valence-electron chi connectivity index (χ3n) is 1.49. The van der Waals surface area contributed by atoms with Crippen LogP contribution in [-0.2, 0) is 0 Å². The average Bonchev–Trinajstić information content (AvgIpc) is 2.02. The molecular formula is C7H4BrClF2N2O. The molecule has 0 aliphatic heterocycles. The normalized spacial score (nSPS) is 10.6. The van der Waals surface area contributed by atoms with Crippen molar-refractivity contribution in [3.63, 3.8) is 0 Å². The smallest absolute Gasteiger partial charge is 0.267 e. The molecule has 0 aliphatic rings. The lowest BCUT2D eigenvalue weighted by Crippen LogP contribution is -2.13. The first-order valence-electron chi connectivity index (χ1n) is 3.37. The Balaban J connectivity index is 3.41. The molecule has 1 heterocycles. The molecule has 1 amide bonds. The van der Waals surface area contributed by atoms with Crippen LogP contribution >= 0.6 is 27.5 Å². The first-order chi connectivity index (χ1) is 6.45. The molecule has 0 atom stereocenters. The van der Waals surface area contributed by atoms with Crippen molar-refractivity contribution in [2.75, 3.05) is 0 Å². The van der Waals surface area contributed by atoms with Crippen LogP contribution in [0.25, 0.3) is 0 Å². The molecule has 76 valence electrons. The first-order valence-corrected chi connectivity index (χ1v) is 4.54. The quantitative estimate of drug-likeness (QED) is 0.849. The maximum atomic E-state index is 12.4. The zero-order valence-corrected chi connectivity index (χ0v) is 8.94. The molecule has 2 N–H and O–H groups in total. The lowest BCUT2D eigenvalue weighted by molar-refractivity contribution is 0.0999. The zero-order valence-electron chi connectivity index (χ0n) is 6.60. The van der Waals surface area contributed by atoms with Gasteiger partial charge in [0.2, 0.25) is 0 Å². The SMILES string of the molecule is NC(=O)c1cnc(Br)c(C(F)F)c1Cl. The average molecular weight is 285 g/mol. The number of hydrogen-bond acceptors (Lipinski definition) is 2. The molecule has 3 nitrogen and oxygen atoms in total.